The van der Waals surface area contributed by atoms with E-state index in [1.165, 1.54) is 0 Å². The van der Waals surface area contributed by atoms with Gasteiger partial charge in [0.1, 0.15) is 22.3 Å². The zero-order chi connectivity index (χ0) is 33.2. The molecule has 0 atom stereocenters. The van der Waals surface area contributed by atoms with Gasteiger partial charge in [-0.25, -0.2) is 0 Å². The molecule has 0 radical (unpaired) electrons. The molecular formula is C38H22O2. The van der Waals surface area contributed by atoms with Gasteiger partial charge in [-0.15, -0.1) is 0 Å². The lowest BCUT2D eigenvalue weighted by Crippen LogP contribution is -1.91. The predicted octanol–water partition coefficient (Wildman–Crippen LogP) is 11.1. The zero-order valence-electron chi connectivity index (χ0n) is 28.9. The van der Waals surface area contributed by atoms with E-state index in [4.69, 9.17) is 14.3 Å². The van der Waals surface area contributed by atoms with Gasteiger partial charge in [0.25, 0.3) is 0 Å². The minimum Gasteiger partial charge on any atom is -0.456 e. The molecule has 40 heavy (non-hydrogen) atoms. The SMILES string of the molecule is [2H]c1c([2H])c([2H])c2c(-c3cccc4oc5ccccc5c34)c3c([2H])c([2H])c([2H])c([2H])c3c(-c3ccc4oc5ccccc5c4c3)c2c1[2H]. The molecule has 2 heteroatoms. The Morgan fingerprint density at radius 2 is 0.975 bits per heavy atom. The molecule has 0 aliphatic rings. The molecule has 0 spiro atoms. The molecule has 0 aliphatic heterocycles. The van der Waals surface area contributed by atoms with Crippen molar-refractivity contribution in [2.24, 2.45) is 0 Å². The molecule has 9 aromatic rings. The van der Waals surface area contributed by atoms with Gasteiger partial charge in [-0.3, -0.25) is 0 Å². The summed E-state index contributed by atoms with van der Waals surface area (Å²) < 4.78 is 84.4. The van der Waals surface area contributed by atoms with E-state index in [0.29, 0.717) is 44.4 Å². The summed E-state index contributed by atoms with van der Waals surface area (Å²) in [5.41, 5.74) is 4.09. The number of hydrogen-bond acceptors (Lipinski definition) is 2. The summed E-state index contributed by atoms with van der Waals surface area (Å²) in [5.74, 6) is 0. The third-order valence-electron chi connectivity index (χ3n) is 7.71. The van der Waals surface area contributed by atoms with Gasteiger partial charge in [0.05, 0.1) is 11.0 Å². The molecule has 0 amide bonds. The molecule has 2 aromatic heterocycles. The quantitative estimate of drug-likeness (QED) is 0.213. The van der Waals surface area contributed by atoms with Crippen LogP contribution in [-0.2, 0) is 0 Å². The molecule has 0 saturated heterocycles. The highest BCUT2D eigenvalue weighted by molar-refractivity contribution is 6.26. The summed E-state index contributed by atoms with van der Waals surface area (Å²) in [6, 6.07) is 22.9. The first-order chi connectivity index (χ1) is 23.2. The van der Waals surface area contributed by atoms with E-state index in [2.05, 4.69) is 0 Å². The second-order valence-electron chi connectivity index (χ2n) is 9.84. The second kappa shape index (κ2) is 8.08. The van der Waals surface area contributed by atoms with E-state index in [1.54, 1.807) is 18.2 Å². The van der Waals surface area contributed by atoms with E-state index in [1.807, 2.05) is 66.7 Å². The third kappa shape index (κ3) is 2.93. The maximum atomic E-state index is 9.30. The lowest BCUT2D eigenvalue weighted by Gasteiger charge is -2.18. The van der Waals surface area contributed by atoms with Crippen molar-refractivity contribution in [2.75, 3.05) is 0 Å². The topological polar surface area (TPSA) is 26.3 Å². The van der Waals surface area contributed by atoms with Gasteiger partial charge >= 0.3 is 0 Å². The summed E-state index contributed by atoms with van der Waals surface area (Å²) in [6.45, 7) is 0. The smallest absolute Gasteiger partial charge is 0.136 e. The number of benzene rings is 7. The lowest BCUT2D eigenvalue weighted by molar-refractivity contribution is 0.668. The molecule has 0 saturated carbocycles. The average Bonchev–Trinajstić information content (AvgIpc) is 3.68. The van der Waals surface area contributed by atoms with Crippen LogP contribution < -0.4 is 0 Å². The fourth-order valence-electron chi connectivity index (χ4n) is 6.05. The van der Waals surface area contributed by atoms with Gasteiger partial charge in [0.2, 0.25) is 0 Å². The van der Waals surface area contributed by atoms with Crippen molar-refractivity contribution in [3.63, 3.8) is 0 Å². The average molecular weight is 519 g/mol. The maximum absolute atomic E-state index is 9.30. The van der Waals surface area contributed by atoms with Crippen molar-refractivity contribution < 1.29 is 19.8 Å². The Morgan fingerprint density at radius 3 is 1.70 bits per heavy atom. The van der Waals surface area contributed by atoms with Crippen LogP contribution in [0.1, 0.15) is 11.0 Å². The molecule has 186 valence electrons. The molecule has 7 aromatic carbocycles. The molecular weight excluding hydrogens is 488 g/mol. The van der Waals surface area contributed by atoms with Crippen molar-refractivity contribution in [2.45, 2.75) is 0 Å². The first-order valence-corrected chi connectivity index (χ1v) is 13.0. The Morgan fingerprint density at radius 1 is 0.425 bits per heavy atom. The highest BCUT2D eigenvalue weighted by atomic mass is 16.3. The Hall–Kier alpha value is -5.34. The molecule has 0 unspecified atom stereocenters. The minimum absolute atomic E-state index is 0.156. The fraction of sp³-hybridized carbons (Fsp3) is 0. The molecule has 2 nitrogen and oxygen atoms in total. The number of fused-ring (bicyclic) bond motifs is 8. The van der Waals surface area contributed by atoms with Gasteiger partial charge in [-0.1, -0.05) is 103 Å². The highest BCUT2D eigenvalue weighted by Gasteiger charge is 2.20. The Bertz CT molecular complexity index is 2800. The van der Waals surface area contributed by atoms with Crippen LogP contribution in [0.15, 0.2) is 142 Å². The van der Waals surface area contributed by atoms with Crippen LogP contribution in [0.4, 0.5) is 0 Å². The van der Waals surface area contributed by atoms with Crippen molar-refractivity contribution in [1.29, 1.82) is 0 Å². The van der Waals surface area contributed by atoms with Crippen molar-refractivity contribution in [3.05, 3.63) is 133 Å². The van der Waals surface area contributed by atoms with Gasteiger partial charge in [0.15, 0.2) is 0 Å². The van der Waals surface area contributed by atoms with E-state index >= 15 is 0 Å². The first kappa shape index (κ1) is 15.3. The Kier molecular flexibility index (Phi) is 3.09. The Balaban J connectivity index is 1.59. The zero-order valence-corrected chi connectivity index (χ0v) is 20.9. The van der Waals surface area contributed by atoms with Crippen LogP contribution in [0.5, 0.6) is 0 Å². The standard InChI is InChI=1S/C38H22O2/c1-3-13-27-25(11-1)36(23-20-21-34-31(22-23)24-10-5-7-17-32(24)39-34)26-12-2-4-14-28(26)37(27)30-16-9-19-35-38(30)29-15-6-8-18-33(29)40-35/h1-22H/i1D,2D,3D,4D,11D,12D,13D,14D. The molecule has 0 N–H and O–H groups in total. The molecule has 0 aliphatic carbocycles. The van der Waals surface area contributed by atoms with E-state index in [-0.39, 0.29) is 51.3 Å². The fourth-order valence-corrected chi connectivity index (χ4v) is 6.05. The summed E-state index contributed by atoms with van der Waals surface area (Å²) >= 11 is 0. The number of hydrogen-bond donors (Lipinski definition) is 0. The minimum atomic E-state index is -0.444. The number of rotatable bonds is 2. The largest absolute Gasteiger partial charge is 0.456 e. The van der Waals surface area contributed by atoms with Crippen LogP contribution in [0.2, 0.25) is 0 Å². The van der Waals surface area contributed by atoms with Gasteiger partial charge in [0, 0.05) is 21.5 Å². The van der Waals surface area contributed by atoms with Crippen molar-refractivity contribution in [3.8, 4) is 22.3 Å². The lowest BCUT2D eigenvalue weighted by atomic mass is 9.84. The van der Waals surface area contributed by atoms with Crippen molar-refractivity contribution >= 4 is 65.4 Å². The summed E-state index contributed by atoms with van der Waals surface area (Å²) in [7, 11) is 0. The number of para-hydroxylation sites is 2. The van der Waals surface area contributed by atoms with Crippen LogP contribution in [0.3, 0.4) is 0 Å². The van der Waals surface area contributed by atoms with Crippen LogP contribution in [0.25, 0.3) is 87.7 Å². The summed E-state index contributed by atoms with van der Waals surface area (Å²) in [4.78, 5) is 0. The van der Waals surface area contributed by atoms with Crippen LogP contribution in [-0.4, -0.2) is 0 Å². The molecule has 9 rings (SSSR count). The van der Waals surface area contributed by atoms with E-state index in [9.17, 15) is 5.48 Å². The van der Waals surface area contributed by atoms with Gasteiger partial charge < -0.3 is 8.83 Å². The maximum Gasteiger partial charge on any atom is 0.136 e. The van der Waals surface area contributed by atoms with Crippen LogP contribution >= 0.6 is 0 Å². The van der Waals surface area contributed by atoms with E-state index in [0.717, 1.165) is 16.2 Å². The molecule has 2 heterocycles. The normalized spacial score (nSPS) is 14.8. The second-order valence-corrected chi connectivity index (χ2v) is 9.84. The van der Waals surface area contributed by atoms with Crippen LogP contribution in [0, 0.1) is 0 Å². The number of furan rings is 2. The third-order valence-corrected chi connectivity index (χ3v) is 7.71. The monoisotopic (exact) mass is 518 g/mol. The first-order valence-electron chi connectivity index (χ1n) is 17.0. The molecule has 0 fully saturated rings. The van der Waals surface area contributed by atoms with Gasteiger partial charge in [-0.2, -0.15) is 0 Å². The highest BCUT2D eigenvalue weighted by Crippen LogP contribution is 2.47. The predicted molar refractivity (Wildman–Crippen MR) is 167 cm³/mol. The van der Waals surface area contributed by atoms with Crippen molar-refractivity contribution in [1.82, 2.24) is 0 Å². The van der Waals surface area contributed by atoms with Gasteiger partial charge in [-0.05, 0) is 74.1 Å². The summed E-state index contributed by atoms with van der Waals surface area (Å²) in [5, 5.41) is 3.69. The summed E-state index contributed by atoms with van der Waals surface area (Å²) in [6.07, 6.45) is 0. The Labute approximate surface area is 240 Å². The molecule has 0 bridgehead atoms. The van der Waals surface area contributed by atoms with E-state index < -0.39 is 24.2 Å².